The molecule has 1 unspecified atom stereocenters. The maximum atomic E-state index is 5.50. The highest BCUT2D eigenvalue weighted by molar-refractivity contribution is 7.99. The van der Waals surface area contributed by atoms with Gasteiger partial charge in [-0.3, -0.25) is 0 Å². The summed E-state index contributed by atoms with van der Waals surface area (Å²) in [4.78, 5) is 0. The Morgan fingerprint density at radius 1 is 1.15 bits per heavy atom. The molecule has 0 saturated carbocycles. The highest BCUT2D eigenvalue weighted by Gasteiger charge is 2.10. The summed E-state index contributed by atoms with van der Waals surface area (Å²) in [6.45, 7) is 10.5. The molecule has 1 aromatic rings. The maximum Gasteiger partial charge on any atom is 0.119 e. The quantitative estimate of drug-likeness (QED) is 0.641. The van der Waals surface area contributed by atoms with Crippen molar-refractivity contribution in [2.45, 2.75) is 40.2 Å². The topological polar surface area (TPSA) is 21.3 Å². The smallest absolute Gasteiger partial charge is 0.119 e. The Balaban J connectivity index is 2.51. The van der Waals surface area contributed by atoms with Gasteiger partial charge < -0.3 is 10.1 Å². The van der Waals surface area contributed by atoms with E-state index in [0.29, 0.717) is 6.04 Å². The Labute approximate surface area is 128 Å². The fourth-order valence-corrected chi connectivity index (χ4v) is 3.35. The van der Waals surface area contributed by atoms with Crippen molar-refractivity contribution in [2.75, 3.05) is 24.7 Å². The van der Waals surface area contributed by atoms with E-state index < -0.39 is 0 Å². The average Bonchev–Trinajstić information content (AvgIpc) is 2.43. The van der Waals surface area contributed by atoms with E-state index in [0.717, 1.165) is 30.6 Å². The zero-order valence-corrected chi connectivity index (χ0v) is 14.1. The van der Waals surface area contributed by atoms with Gasteiger partial charge in [-0.05, 0) is 49.3 Å². The second-order valence-electron chi connectivity index (χ2n) is 5.37. The number of thioether (sulfide) groups is 1. The molecule has 114 valence electrons. The van der Waals surface area contributed by atoms with Crippen LogP contribution in [0, 0.1) is 5.92 Å². The van der Waals surface area contributed by atoms with E-state index in [4.69, 9.17) is 4.74 Å². The number of benzene rings is 1. The van der Waals surface area contributed by atoms with Crippen molar-refractivity contribution >= 4 is 11.8 Å². The van der Waals surface area contributed by atoms with Crippen molar-refractivity contribution in [2.24, 2.45) is 5.92 Å². The van der Waals surface area contributed by atoms with E-state index in [9.17, 15) is 0 Å². The third-order valence-corrected chi connectivity index (χ3v) is 4.26. The Hall–Kier alpha value is -0.670. The predicted octanol–water partition coefficient (Wildman–Crippen LogP) is 4.52. The van der Waals surface area contributed by atoms with Crippen LogP contribution in [-0.4, -0.2) is 24.7 Å². The first kappa shape index (κ1) is 17.4. The maximum absolute atomic E-state index is 5.50. The molecule has 1 N–H and O–H groups in total. The lowest BCUT2D eigenvalue weighted by Gasteiger charge is -2.18. The molecule has 1 rings (SSSR count). The van der Waals surface area contributed by atoms with Gasteiger partial charge in [0.1, 0.15) is 5.75 Å². The van der Waals surface area contributed by atoms with Gasteiger partial charge in [0, 0.05) is 11.8 Å². The van der Waals surface area contributed by atoms with Crippen LogP contribution in [-0.2, 0) is 0 Å². The lowest BCUT2D eigenvalue weighted by Crippen LogP contribution is -2.23. The second-order valence-corrected chi connectivity index (χ2v) is 6.52. The molecule has 2 nitrogen and oxygen atoms in total. The largest absolute Gasteiger partial charge is 0.494 e. The fraction of sp³-hybridized carbons (Fsp3) is 0.647. The first-order valence-electron chi connectivity index (χ1n) is 7.71. The molecule has 0 saturated heterocycles. The summed E-state index contributed by atoms with van der Waals surface area (Å²) in [5.74, 6) is 4.13. The van der Waals surface area contributed by atoms with Crippen LogP contribution < -0.4 is 10.1 Å². The first-order valence-corrected chi connectivity index (χ1v) is 8.86. The molecular weight excluding hydrogens is 266 g/mol. The molecular formula is C17H29NOS. The minimum Gasteiger partial charge on any atom is -0.494 e. The summed E-state index contributed by atoms with van der Waals surface area (Å²) in [7, 11) is 0. The zero-order valence-electron chi connectivity index (χ0n) is 13.3. The number of ether oxygens (including phenoxy) is 1. The van der Waals surface area contributed by atoms with Gasteiger partial charge in [-0.15, -0.1) is 0 Å². The molecule has 0 bridgehead atoms. The van der Waals surface area contributed by atoms with Crippen LogP contribution in [0.5, 0.6) is 5.75 Å². The van der Waals surface area contributed by atoms with Crippen LogP contribution >= 0.6 is 11.8 Å². The van der Waals surface area contributed by atoms with E-state index in [2.05, 4.69) is 50.4 Å². The normalized spacial score (nSPS) is 12.7. The van der Waals surface area contributed by atoms with Crippen molar-refractivity contribution < 1.29 is 4.74 Å². The standard InChI is InChI=1S/C17H29NOS/c1-5-18-17(13-20-12-11-14(3)4)15-7-9-16(10-8-15)19-6-2/h7-10,14,17-18H,5-6,11-13H2,1-4H3. The molecule has 3 heteroatoms. The first-order chi connectivity index (χ1) is 9.67. The van der Waals surface area contributed by atoms with Crippen molar-refractivity contribution in [3.63, 3.8) is 0 Å². The SMILES string of the molecule is CCNC(CSCCC(C)C)c1ccc(OCC)cc1. The van der Waals surface area contributed by atoms with Gasteiger partial charge in [-0.25, -0.2) is 0 Å². The third kappa shape index (κ3) is 6.67. The van der Waals surface area contributed by atoms with Gasteiger partial charge >= 0.3 is 0 Å². The molecule has 0 radical (unpaired) electrons. The summed E-state index contributed by atoms with van der Waals surface area (Å²) in [5, 5.41) is 3.58. The zero-order chi connectivity index (χ0) is 14.8. The summed E-state index contributed by atoms with van der Waals surface area (Å²) < 4.78 is 5.50. The molecule has 0 spiro atoms. The van der Waals surface area contributed by atoms with Gasteiger partial charge in [0.05, 0.1) is 6.61 Å². The van der Waals surface area contributed by atoms with E-state index in [1.165, 1.54) is 17.7 Å². The van der Waals surface area contributed by atoms with Crippen LogP contribution in [0.4, 0.5) is 0 Å². The summed E-state index contributed by atoms with van der Waals surface area (Å²) in [6.07, 6.45) is 1.30. The molecule has 0 heterocycles. The Morgan fingerprint density at radius 3 is 2.40 bits per heavy atom. The average molecular weight is 295 g/mol. The van der Waals surface area contributed by atoms with E-state index in [1.54, 1.807) is 0 Å². The molecule has 1 atom stereocenters. The summed E-state index contributed by atoms with van der Waals surface area (Å²) in [5.41, 5.74) is 1.35. The van der Waals surface area contributed by atoms with Gasteiger partial charge in [0.25, 0.3) is 0 Å². The van der Waals surface area contributed by atoms with Crippen LogP contribution in [0.15, 0.2) is 24.3 Å². The molecule has 0 aromatic heterocycles. The van der Waals surface area contributed by atoms with Crippen LogP contribution in [0.1, 0.15) is 45.7 Å². The number of hydrogen-bond donors (Lipinski definition) is 1. The molecule has 0 fully saturated rings. The van der Waals surface area contributed by atoms with Crippen molar-refractivity contribution in [1.82, 2.24) is 5.32 Å². The number of rotatable bonds is 10. The Morgan fingerprint density at radius 2 is 1.85 bits per heavy atom. The van der Waals surface area contributed by atoms with E-state index >= 15 is 0 Å². The Bertz CT molecular complexity index is 351. The minimum absolute atomic E-state index is 0.438. The molecule has 1 aromatic carbocycles. The molecule has 0 aliphatic heterocycles. The van der Waals surface area contributed by atoms with E-state index in [-0.39, 0.29) is 0 Å². The molecule has 0 amide bonds. The van der Waals surface area contributed by atoms with Gasteiger partial charge in [-0.2, -0.15) is 11.8 Å². The van der Waals surface area contributed by atoms with Crippen LogP contribution in [0.25, 0.3) is 0 Å². The van der Waals surface area contributed by atoms with Crippen molar-refractivity contribution in [1.29, 1.82) is 0 Å². The van der Waals surface area contributed by atoms with Gasteiger partial charge in [0.2, 0.25) is 0 Å². The Kier molecular flexibility index (Phi) is 8.79. The number of nitrogens with one attached hydrogen (secondary N) is 1. The fourth-order valence-electron chi connectivity index (χ4n) is 2.00. The third-order valence-electron chi connectivity index (χ3n) is 3.17. The predicted molar refractivity (Wildman–Crippen MR) is 90.8 cm³/mol. The lowest BCUT2D eigenvalue weighted by atomic mass is 10.1. The summed E-state index contributed by atoms with van der Waals surface area (Å²) >= 11 is 2.05. The van der Waals surface area contributed by atoms with E-state index in [1.807, 2.05) is 18.7 Å². The number of hydrogen-bond acceptors (Lipinski definition) is 3. The van der Waals surface area contributed by atoms with Crippen molar-refractivity contribution in [3.8, 4) is 5.75 Å². The van der Waals surface area contributed by atoms with Crippen LogP contribution in [0.3, 0.4) is 0 Å². The highest BCUT2D eigenvalue weighted by Crippen LogP contribution is 2.22. The van der Waals surface area contributed by atoms with Crippen LogP contribution in [0.2, 0.25) is 0 Å². The highest BCUT2D eigenvalue weighted by atomic mass is 32.2. The summed E-state index contributed by atoms with van der Waals surface area (Å²) in [6, 6.07) is 8.94. The lowest BCUT2D eigenvalue weighted by molar-refractivity contribution is 0.340. The minimum atomic E-state index is 0.438. The molecule has 20 heavy (non-hydrogen) atoms. The van der Waals surface area contributed by atoms with Crippen molar-refractivity contribution in [3.05, 3.63) is 29.8 Å². The second kappa shape index (κ2) is 10.1. The van der Waals surface area contributed by atoms with Gasteiger partial charge in [0.15, 0.2) is 0 Å². The monoisotopic (exact) mass is 295 g/mol. The molecule has 0 aliphatic rings. The molecule has 0 aliphatic carbocycles. The van der Waals surface area contributed by atoms with Gasteiger partial charge in [-0.1, -0.05) is 32.9 Å².